The molecule has 7 heteroatoms. The van der Waals surface area contributed by atoms with Crippen molar-refractivity contribution in [3.63, 3.8) is 0 Å². The van der Waals surface area contributed by atoms with Crippen molar-refractivity contribution < 1.29 is 18.4 Å². The van der Waals surface area contributed by atoms with E-state index in [2.05, 4.69) is 4.90 Å². The molecule has 164 valence electrons. The van der Waals surface area contributed by atoms with Crippen LogP contribution in [-0.4, -0.2) is 65.8 Å². The number of piperidine rings is 1. The molecule has 2 amide bonds. The number of halogens is 2. The average molecular weight is 427 g/mol. The Labute approximate surface area is 181 Å². The Kier molecular flexibility index (Phi) is 6.61. The van der Waals surface area contributed by atoms with Crippen LogP contribution in [0.25, 0.3) is 0 Å². The van der Waals surface area contributed by atoms with E-state index in [1.807, 2.05) is 11.0 Å². The molecule has 0 spiro atoms. The first-order valence-electron chi connectivity index (χ1n) is 10.8. The van der Waals surface area contributed by atoms with Crippen molar-refractivity contribution in [1.29, 1.82) is 0 Å². The molecule has 0 N–H and O–H groups in total. The number of carbonyl (C=O) groups excluding carboxylic acids is 2. The van der Waals surface area contributed by atoms with Crippen molar-refractivity contribution in [3.8, 4) is 0 Å². The van der Waals surface area contributed by atoms with E-state index in [0.717, 1.165) is 24.9 Å². The largest absolute Gasteiger partial charge is 0.339 e. The summed E-state index contributed by atoms with van der Waals surface area (Å²) in [7, 11) is 0. The summed E-state index contributed by atoms with van der Waals surface area (Å²) >= 11 is 0. The Morgan fingerprint density at radius 2 is 1.65 bits per heavy atom. The molecule has 0 aliphatic carbocycles. The number of piperazine rings is 1. The number of likely N-dealkylation sites (tertiary alicyclic amines) is 1. The molecule has 2 aliphatic heterocycles. The number of benzene rings is 2. The van der Waals surface area contributed by atoms with Gasteiger partial charge in [0, 0.05) is 39.3 Å². The van der Waals surface area contributed by atoms with E-state index >= 15 is 0 Å². The van der Waals surface area contributed by atoms with E-state index in [9.17, 15) is 18.4 Å². The van der Waals surface area contributed by atoms with Gasteiger partial charge in [-0.2, -0.15) is 0 Å². The monoisotopic (exact) mass is 427 g/mol. The average Bonchev–Trinajstić information content (AvgIpc) is 2.79. The first-order chi connectivity index (χ1) is 15.0. The number of hydrogen-bond acceptors (Lipinski definition) is 3. The van der Waals surface area contributed by atoms with E-state index in [1.165, 1.54) is 24.3 Å². The van der Waals surface area contributed by atoms with Crippen LogP contribution in [0.15, 0.2) is 48.5 Å². The fourth-order valence-electron chi connectivity index (χ4n) is 4.49. The molecule has 4 rings (SSSR count). The Morgan fingerprint density at radius 1 is 0.903 bits per heavy atom. The highest BCUT2D eigenvalue weighted by molar-refractivity contribution is 5.94. The zero-order valence-electron chi connectivity index (χ0n) is 17.5. The van der Waals surface area contributed by atoms with Crippen molar-refractivity contribution in [1.82, 2.24) is 14.7 Å². The van der Waals surface area contributed by atoms with Crippen LogP contribution in [0.2, 0.25) is 0 Å². The zero-order valence-corrected chi connectivity index (χ0v) is 17.5. The molecule has 0 saturated carbocycles. The van der Waals surface area contributed by atoms with E-state index in [0.29, 0.717) is 39.3 Å². The molecule has 0 aromatic heterocycles. The highest BCUT2D eigenvalue weighted by Gasteiger charge is 2.32. The lowest BCUT2D eigenvalue weighted by molar-refractivity contribution is -0.139. The molecule has 1 unspecified atom stereocenters. The van der Waals surface area contributed by atoms with Crippen LogP contribution in [0.4, 0.5) is 8.78 Å². The first-order valence-corrected chi connectivity index (χ1v) is 10.8. The fraction of sp³-hybridized carbons (Fsp3) is 0.417. The van der Waals surface area contributed by atoms with Gasteiger partial charge in [-0.05, 0) is 49.2 Å². The minimum absolute atomic E-state index is 0.0718. The van der Waals surface area contributed by atoms with Crippen LogP contribution in [-0.2, 0) is 11.3 Å². The standard InChI is InChI=1S/C24H27F2N3O2/c25-20-7-3-5-18(15-20)16-27-10-4-6-19(17-27)23(30)28-11-13-29(14-12-28)24(31)21-8-1-2-9-22(21)26/h1-3,5,7-9,15,19H,4,6,10-14,16-17H2. The van der Waals surface area contributed by atoms with Gasteiger partial charge in [0.25, 0.3) is 5.91 Å². The molecule has 1 atom stereocenters. The van der Waals surface area contributed by atoms with Crippen molar-refractivity contribution >= 4 is 11.8 Å². The Hall–Kier alpha value is -2.80. The lowest BCUT2D eigenvalue weighted by Gasteiger charge is -2.39. The molecule has 2 aromatic rings. The van der Waals surface area contributed by atoms with Gasteiger partial charge < -0.3 is 9.80 Å². The molecule has 2 saturated heterocycles. The second-order valence-corrected chi connectivity index (χ2v) is 8.30. The summed E-state index contributed by atoms with van der Waals surface area (Å²) in [6.07, 6.45) is 1.77. The summed E-state index contributed by atoms with van der Waals surface area (Å²) in [4.78, 5) is 31.3. The second-order valence-electron chi connectivity index (χ2n) is 8.30. The lowest BCUT2D eigenvalue weighted by Crippen LogP contribution is -2.53. The molecule has 2 heterocycles. The molecule has 2 aliphatic rings. The van der Waals surface area contributed by atoms with Crippen LogP contribution in [0.3, 0.4) is 0 Å². The van der Waals surface area contributed by atoms with Crippen LogP contribution in [0.1, 0.15) is 28.8 Å². The quantitative estimate of drug-likeness (QED) is 0.753. The first kappa shape index (κ1) is 21.4. The van der Waals surface area contributed by atoms with E-state index in [1.54, 1.807) is 23.1 Å². The van der Waals surface area contributed by atoms with Crippen molar-refractivity contribution in [2.75, 3.05) is 39.3 Å². The molecule has 5 nitrogen and oxygen atoms in total. The maximum absolute atomic E-state index is 13.9. The van der Waals surface area contributed by atoms with E-state index < -0.39 is 5.82 Å². The maximum atomic E-state index is 13.9. The van der Waals surface area contributed by atoms with Gasteiger partial charge >= 0.3 is 0 Å². The third-order valence-corrected chi connectivity index (χ3v) is 6.13. The molecule has 2 aromatic carbocycles. The SMILES string of the molecule is O=C(c1ccccc1F)N1CCN(C(=O)C2CCCN(Cc3cccc(F)c3)C2)CC1. The summed E-state index contributed by atoms with van der Waals surface area (Å²) in [6, 6.07) is 12.6. The third kappa shape index (κ3) is 5.10. The lowest BCUT2D eigenvalue weighted by atomic mass is 9.95. The topological polar surface area (TPSA) is 43.9 Å². The summed E-state index contributed by atoms with van der Waals surface area (Å²) in [5, 5.41) is 0. The summed E-state index contributed by atoms with van der Waals surface area (Å²) in [5.41, 5.74) is 0.982. The summed E-state index contributed by atoms with van der Waals surface area (Å²) in [5.74, 6) is -1.07. The zero-order chi connectivity index (χ0) is 21.8. The smallest absolute Gasteiger partial charge is 0.256 e. The van der Waals surface area contributed by atoms with Gasteiger partial charge in [0.2, 0.25) is 5.91 Å². The van der Waals surface area contributed by atoms with Crippen LogP contribution < -0.4 is 0 Å². The Morgan fingerprint density at radius 3 is 2.39 bits per heavy atom. The van der Waals surface area contributed by atoms with E-state index in [-0.39, 0.29) is 29.1 Å². The van der Waals surface area contributed by atoms with Crippen molar-refractivity contribution in [2.45, 2.75) is 19.4 Å². The van der Waals surface area contributed by atoms with Crippen molar-refractivity contribution in [2.24, 2.45) is 5.92 Å². The van der Waals surface area contributed by atoms with Gasteiger partial charge in [0.15, 0.2) is 0 Å². The van der Waals surface area contributed by atoms with E-state index in [4.69, 9.17) is 0 Å². The Balaban J connectivity index is 1.31. The predicted octanol–water partition coefficient (Wildman–Crippen LogP) is 3.16. The molecule has 2 fully saturated rings. The predicted molar refractivity (Wildman–Crippen MR) is 113 cm³/mol. The number of amides is 2. The summed E-state index contributed by atoms with van der Waals surface area (Å²) in [6.45, 7) is 3.90. The number of hydrogen-bond donors (Lipinski definition) is 0. The summed E-state index contributed by atoms with van der Waals surface area (Å²) < 4.78 is 27.4. The molecular weight excluding hydrogens is 400 g/mol. The fourth-order valence-corrected chi connectivity index (χ4v) is 4.49. The van der Waals surface area contributed by atoms with Crippen molar-refractivity contribution in [3.05, 3.63) is 71.3 Å². The number of rotatable bonds is 4. The molecular formula is C24H27F2N3O2. The second kappa shape index (κ2) is 9.56. The highest BCUT2D eigenvalue weighted by atomic mass is 19.1. The normalized spacial score (nSPS) is 20.0. The van der Waals surface area contributed by atoms with Gasteiger partial charge in [-0.25, -0.2) is 8.78 Å². The maximum Gasteiger partial charge on any atom is 0.256 e. The highest BCUT2D eigenvalue weighted by Crippen LogP contribution is 2.22. The van der Waals surface area contributed by atoms with Crippen LogP contribution >= 0.6 is 0 Å². The van der Waals surface area contributed by atoms with Gasteiger partial charge in [0.05, 0.1) is 11.5 Å². The minimum atomic E-state index is -0.522. The molecule has 0 radical (unpaired) electrons. The number of nitrogens with zero attached hydrogens (tertiary/aromatic N) is 3. The van der Waals surface area contributed by atoms with Crippen LogP contribution in [0.5, 0.6) is 0 Å². The van der Waals surface area contributed by atoms with Gasteiger partial charge in [-0.1, -0.05) is 24.3 Å². The third-order valence-electron chi connectivity index (χ3n) is 6.13. The minimum Gasteiger partial charge on any atom is -0.339 e. The molecule has 31 heavy (non-hydrogen) atoms. The van der Waals surface area contributed by atoms with Gasteiger partial charge in [0.1, 0.15) is 11.6 Å². The number of carbonyl (C=O) groups is 2. The van der Waals surface area contributed by atoms with Gasteiger partial charge in [-0.15, -0.1) is 0 Å². The van der Waals surface area contributed by atoms with Gasteiger partial charge in [-0.3, -0.25) is 14.5 Å². The Bertz CT molecular complexity index is 944. The molecule has 0 bridgehead atoms. The van der Waals surface area contributed by atoms with Crippen LogP contribution in [0, 0.1) is 17.6 Å².